The van der Waals surface area contributed by atoms with Crippen LogP contribution in [0.3, 0.4) is 0 Å². The Morgan fingerprint density at radius 1 is 1.17 bits per heavy atom. The molecule has 122 valence electrons. The molecule has 6 heteroatoms. The van der Waals surface area contributed by atoms with Gasteiger partial charge in [-0.25, -0.2) is 4.39 Å². The maximum absolute atomic E-state index is 14.3. The Balaban J connectivity index is 1.41. The van der Waals surface area contributed by atoms with Crippen LogP contribution in [0.2, 0.25) is 0 Å². The average molecular weight is 325 g/mol. The van der Waals surface area contributed by atoms with Gasteiger partial charge in [-0.2, -0.15) is 5.10 Å². The van der Waals surface area contributed by atoms with E-state index in [-0.39, 0.29) is 11.9 Å². The summed E-state index contributed by atoms with van der Waals surface area (Å²) in [5.41, 5.74) is 2.06. The van der Waals surface area contributed by atoms with Gasteiger partial charge in [0.2, 0.25) is 0 Å². The highest BCUT2D eigenvalue weighted by Gasteiger charge is 2.20. The third-order valence-electron chi connectivity index (χ3n) is 3.89. The lowest BCUT2D eigenvalue weighted by atomic mass is 10.1. The summed E-state index contributed by atoms with van der Waals surface area (Å²) in [7, 11) is 0. The molecule has 1 aromatic heterocycles. The number of hydrogen-bond donors (Lipinski definition) is 2. The number of para-hydroxylation sites is 2. The monoisotopic (exact) mass is 325 g/mol. The summed E-state index contributed by atoms with van der Waals surface area (Å²) in [6.07, 6.45) is 3.21. The van der Waals surface area contributed by atoms with E-state index in [1.54, 1.807) is 18.5 Å². The predicted octanol–water partition coefficient (Wildman–Crippen LogP) is 3.47. The number of aromatic nitrogens is 2. The van der Waals surface area contributed by atoms with E-state index < -0.39 is 0 Å². The van der Waals surface area contributed by atoms with Crippen molar-refractivity contribution in [3.05, 3.63) is 60.7 Å². The number of H-pyrrole nitrogens is 1. The van der Waals surface area contributed by atoms with Crippen molar-refractivity contribution in [2.24, 2.45) is 0 Å². The summed E-state index contributed by atoms with van der Waals surface area (Å²) in [6, 6.07) is 12.6. The molecule has 0 saturated heterocycles. The first-order valence-electron chi connectivity index (χ1n) is 7.70. The highest BCUT2D eigenvalue weighted by molar-refractivity contribution is 5.65. The number of benzene rings is 2. The largest absolute Gasteiger partial charge is 0.486 e. The number of rotatable bonds is 4. The minimum atomic E-state index is -0.314. The third-order valence-corrected chi connectivity index (χ3v) is 3.89. The van der Waals surface area contributed by atoms with Crippen LogP contribution < -0.4 is 14.8 Å². The minimum absolute atomic E-state index is 0.173. The predicted molar refractivity (Wildman–Crippen MR) is 88.8 cm³/mol. The number of hydrogen-bond acceptors (Lipinski definition) is 4. The van der Waals surface area contributed by atoms with Crippen LogP contribution in [0.4, 0.5) is 10.1 Å². The van der Waals surface area contributed by atoms with Gasteiger partial charge in [0.15, 0.2) is 11.5 Å². The lowest BCUT2D eigenvalue weighted by Gasteiger charge is -2.26. The molecular weight excluding hydrogens is 309 g/mol. The van der Waals surface area contributed by atoms with E-state index in [2.05, 4.69) is 15.5 Å². The zero-order chi connectivity index (χ0) is 16.4. The van der Waals surface area contributed by atoms with Crippen LogP contribution in [-0.4, -0.2) is 29.5 Å². The number of halogens is 1. The summed E-state index contributed by atoms with van der Waals surface area (Å²) in [5.74, 6) is 1.14. The van der Waals surface area contributed by atoms with Crippen molar-refractivity contribution < 1.29 is 13.9 Å². The van der Waals surface area contributed by atoms with E-state index in [4.69, 9.17) is 9.47 Å². The molecule has 0 bridgehead atoms. The zero-order valence-corrected chi connectivity index (χ0v) is 12.8. The normalized spacial score (nSPS) is 16.0. The Hall–Kier alpha value is -3.02. The van der Waals surface area contributed by atoms with E-state index in [9.17, 15) is 4.39 Å². The molecule has 24 heavy (non-hydrogen) atoms. The summed E-state index contributed by atoms with van der Waals surface area (Å²) < 4.78 is 25.8. The second-order valence-corrected chi connectivity index (χ2v) is 5.56. The van der Waals surface area contributed by atoms with Gasteiger partial charge in [-0.05, 0) is 29.8 Å². The van der Waals surface area contributed by atoms with Gasteiger partial charge in [-0.3, -0.25) is 5.10 Å². The van der Waals surface area contributed by atoms with E-state index >= 15 is 0 Å². The molecule has 2 N–H and O–H groups in total. The third kappa shape index (κ3) is 2.90. The number of nitrogens with zero attached hydrogens (tertiary/aromatic N) is 1. The van der Waals surface area contributed by atoms with E-state index in [1.165, 1.54) is 6.07 Å². The van der Waals surface area contributed by atoms with Gasteiger partial charge in [0.25, 0.3) is 0 Å². The molecule has 1 aliphatic heterocycles. The van der Waals surface area contributed by atoms with Crippen LogP contribution >= 0.6 is 0 Å². The highest BCUT2D eigenvalue weighted by Crippen LogP contribution is 2.31. The van der Waals surface area contributed by atoms with E-state index in [0.717, 1.165) is 16.9 Å². The van der Waals surface area contributed by atoms with Crippen LogP contribution in [0.25, 0.3) is 11.1 Å². The first-order valence-corrected chi connectivity index (χ1v) is 7.70. The van der Waals surface area contributed by atoms with Crippen molar-refractivity contribution in [2.45, 2.75) is 6.10 Å². The second-order valence-electron chi connectivity index (χ2n) is 5.56. The fourth-order valence-corrected chi connectivity index (χ4v) is 2.63. The molecule has 0 amide bonds. The van der Waals surface area contributed by atoms with E-state index in [0.29, 0.717) is 24.6 Å². The molecule has 0 aliphatic carbocycles. The summed E-state index contributed by atoms with van der Waals surface area (Å²) >= 11 is 0. The Morgan fingerprint density at radius 3 is 2.83 bits per heavy atom. The Labute approximate surface area is 138 Å². The lowest BCUT2D eigenvalue weighted by Crippen LogP contribution is -2.35. The molecule has 4 rings (SSSR count). The minimum Gasteiger partial charge on any atom is -0.486 e. The Morgan fingerprint density at radius 2 is 2.04 bits per heavy atom. The smallest absolute Gasteiger partial charge is 0.161 e. The van der Waals surface area contributed by atoms with Gasteiger partial charge in [0.1, 0.15) is 18.5 Å². The van der Waals surface area contributed by atoms with Crippen LogP contribution in [0.1, 0.15) is 0 Å². The molecule has 1 aliphatic rings. The summed E-state index contributed by atoms with van der Waals surface area (Å²) in [5, 5.41) is 9.68. The summed E-state index contributed by atoms with van der Waals surface area (Å²) in [4.78, 5) is 0. The molecule has 2 heterocycles. The molecule has 0 radical (unpaired) electrons. The van der Waals surface area contributed by atoms with Gasteiger partial charge >= 0.3 is 0 Å². The second kappa shape index (κ2) is 6.23. The van der Waals surface area contributed by atoms with Crippen LogP contribution in [0, 0.1) is 5.82 Å². The van der Waals surface area contributed by atoms with Crippen molar-refractivity contribution in [3.8, 4) is 22.6 Å². The van der Waals surface area contributed by atoms with Crippen LogP contribution in [-0.2, 0) is 0 Å². The van der Waals surface area contributed by atoms with Gasteiger partial charge in [0, 0.05) is 11.8 Å². The van der Waals surface area contributed by atoms with Crippen molar-refractivity contribution in [1.82, 2.24) is 10.2 Å². The quantitative estimate of drug-likeness (QED) is 0.771. The van der Waals surface area contributed by atoms with E-state index in [1.807, 2.05) is 30.3 Å². The van der Waals surface area contributed by atoms with Gasteiger partial charge in [0.05, 0.1) is 18.4 Å². The molecule has 1 atom stereocenters. The van der Waals surface area contributed by atoms with Crippen LogP contribution in [0.15, 0.2) is 54.9 Å². The maximum atomic E-state index is 14.3. The zero-order valence-electron chi connectivity index (χ0n) is 12.8. The molecule has 0 saturated carbocycles. The molecule has 3 aromatic rings. The molecule has 0 fully saturated rings. The maximum Gasteiger partial charge on any atom is 0.161 e. The number of fused-ring (bicyclic) bond motifs is 1. The van der Waals surface area contributed by atoms with Crippen molar-refractivity contribution >= 4 is 5.69 Å². The van der Waals surface area contributed by atoms with Gasteiger partial charge in [-0.15, -0.1) is 0 Å². The first-order chi connectivity index (χ1) is 11.8. The lowest BCUT2D eigenvalue weighted by molar-refractivity contribution is 0.0997. The first kappa shape index (κ1) is 14.6. The van der Waals surface area contributed by atoms with Crippen molar-refractivity contribution in [3.63, 3.8) is 0 Å². The SMILES string of the molecule is Fc1cc(-c2cn[nH]c2)ccc1NCC1COc2ccccc2O1. The fourth-order valence-electron chi connectivity index (χ4n) is 2.63. The number of ether oxygens (including phenoxy) is 2. The Bertz CT molecular complexity index is 836. The standard InChI is InChI=1S/C18H16FN3O2/c19-15-7-12(13-8-21-22-9-13)5-6-16(15)20-10-14-11-23-17-3-1-2-4-18(17)24-14/h1-9,14,20H,10-11H2,(H,21,22). The topological polar surface area (TPSA) is 59.2 Å². The average Bonchev–Trinajstić information content (AvgIpc) is 3.15. The fraction of sp³-hybridized carbons (Fsp3) is 0.167. The van der Waals surface area contributed by atoms with Crippen molar-refractivity contribution in [1.29, 1.82) is 0 Å². The van der Waals surface area contributed by atoms with Crippen LogP contribution in [0.5, 0.6) is 11.5 Å². The van der Waals surface area contributed by atoms with Gasteiger partial charge < -0.3 is 14.8 Å². The number of aromatic amines is 1. The highest BCUT2D eigenvalue weighted by atomic mass is 19.1. The Kier molecular flexibility index (Phi) is 3.78. The number of anilines is 1. The molecule has 0 spiro atoms. The van der Waals surface area contributed by atoms with Crippen molar-refractivity contribution in [2.75, 3.05) is 18.5 Å². The molecule has 1 unspecified atom stereocenters. The van der Waals surface area contributed by atoms with Gasteiger partial charge in [-0.1, -0.05) is 18.2 Å². The number of nitrogens with one attached hydrogen (secondary N) is 2. The molecule has 2 aromatic carbocycles. The molecule has 5 nitrogen and oxygen atoms in total. The molecular formula is C18H16FN3O2. The summed E-state index contributed by atoms with van der Waals surface area (Å²) in [6.45, 7) is 0.884.